The quantitative estimate of drug-likeness (QED) is 0.612. The van der Waals surface area contributed by atoms with Gasteiger partial charge in [-0.1, -0.05) is 13.8 Å². The normalized spacial score (nSPS) is 11.8. The average Bonchev–Trinajstić information content (AvgIpc) is 3.13. The molecular formula is C15H14N6. The van der Waals surface area contributed by atoms with Crippen LogP contribution in [0.15, 0.2) is 37.1 Å². The second-order valence-corrected chi connectivity index (χ2v) is 5.34. The minimum atomic E-state index is 0.336. The Morgan fingerprint density at radius 1 is 1.24 bits per heavy atom. The Labute approximate surface area is 120 Å². The lowest BCUT2D eigenvalue weighted by Gasteiger charge is -2.12. The molecule has 21 heavy (non-hydrogen) atoms. The molecule has 0 bridgehead atoms. The fourth-order valence-corrected chi connectivity index (χ4v) is 2.50. The van der Waals surface area contributed by atoms with E-state index in [0.29, 0.717) is 11.7 Å². The van der Waals surface area contributed by atoms with Gasteiger partial charge in [0.05, 0.1) is 5.69 Å². The zero-order chi connectivity index (χ0) is 14.4. The van der Waals surface area contributed by atoms with Gasteiger partial charge < -0.3 is 4.98 Å². The summed E-state index contributed by atoms with van der Waals surface area (Å²) in [6, 6.07) is 4.11. The predicted octanol–water partition coefficient (Wildman–Crippen LogP) is 2.79. The van der Waals surface area contributed by atoms with E-state index in [1.807, 2.05) is 24.7 Å². The highest BCUT2D eigenvalue weighted by Crippen LogP contribution is 2.28. The van der Waals surface area contributed by atoms with E-state index in [9.17, 15) is 0 Å². The molecule has 104 valence electrons. The first-order valence-electron chi connectivity index (χ1n) is 6.86. The molecule has 0 aliphatic rings. The molecule has 4 heterocycles. The predicted molar refractivity (Wildman–Crippen MR) is 80.0 cm³/mol. The van der Waals surface area contributed by atoms with Gasteiger partial charge in [0.1, 0.15) is 12.0 Å². The summed E-state index contributed by atoms with van der Waals surface area (Å²) in [6.07, 6.45) is 7.25. The van der Waals surface area contributed by atoms with Gasteiger partial charge in [0.25, 0.3) is 5.78 Å². The van der Waals surface area contributed by atoms with Crippen molar-refractivity contribution in [3.63, 3.8) is 0 Å². The van der Waals surface area contributed by atoms with Crippen molar-refractivity contribution in [1.82, 2.24) is 29.5 Å². The minimum Gasteiger partial charge on any atom is -0.346 e. The topological polar surface area (TPSA) is 71.8 Å². The molecule has 0 saturated carbocycles. The molecule has 0 atom stereocenters. The van der Waals surface area contributed by atoms with Crippen LogP contribution in [0.1, 0.15) is 25.3 Å². The lowest BCUT2D eigenvalue weighted by Crippen LogP contribution is -2.02. The lowest BCUT2D eigenvalue weighted by molar-refractivity contribution is 0.824. The summed E-state index contributed by atoms with van der Waals surface area (Å²) in [5, 5.41) is 5.24. The summed E-state index contributed by atoms with van der Waals surface area (Å²) in [5.41, 5.74) is 3.93. The van der Waals surface area contributed by atoms with Crippen LogP contribution in [-0.2, 0) is 0 Å². The number of aromatic nitrogens is 6. The van der Waals surface area contributed by atoms with Crippen molar-refractivity contribution in [2.24, 2.45) is 0 Å². The fraction of sp³-hybridized carbons (Fsp3) is 0.200. The smallest absolute Gasteiger partial charge is 0.252 e. The zero-order valence-corrected chi connectivity index (χ0v) is 11.8. The van der Waals surface area contributed by atoms with E-state index in [1.165, 1.54) is 6.33 Å². The Kier molecular flexibility index (Phi) is 2.50. The molecule has 0 aliphatic carbocycles. The van der Waals surface area contributed by atoms with Gasteiger partial charge in [-0.2, -0.15) is 10.1 Å². The molecule has 1 N–H and O–H groups in total. The average molecular weight is 278 g/mol. The molecule has 0 unspecified atom stereocenters. The summed E-state index contributed by atoms with van der Waals surface area (Å²) in [4.78, 5) is 16.4. The van der Waals surface area contributed by atoms with Crippen LogP contribution in [-0.4, -0.2) is 29.5 Å². The summed E-state index contributed by atoms with van der Waals surface area (Å²) < 4.78 is 1.71. The van der Waals surface area contributed by atoms with E-state index in [0.717, 1.165) is 27.9 Å². The van der Waals surface area contributed by atoms with Gasteiger partial charge in [-0.05, 0) is 23.6 Å². The van der Waals surface area contributed by atoms with E-state index in [2.05, 4.69) is 44.9 Å². The SMILES string of the molecule is CC(C)c1cn2ncnc2nc1-c1cnc2[nH]ccc2c1. The van der Waals surface area contributed by atoms with E-state index in [1.54, 1.807) is 4.52 Å². The highest BCUT2D eigenvalue weighted by atomic mass is 15.3. The summed E-state index contributed by atoms with van der Waals surface area (Å²) in [6.45, 7) is 4.29. The van der Waals surface area contributed by atoms with Crippen molar-refractivity contribution < 1.29 is 0 Å². The van der Waals surface area contributed by atoms with Crippen molar-refractivity contribution in [2.75, 3.05) is 0 Å². The maximum atomic E-state index is 4.66. The molecule has 0 radical (unpaired) electrons. The van der Waals surface area contributed by atoms with Crippen LogP contribution in [0, 0.1) is 0 Å². The lowest BCUT2D eigenvalue weighted by atomic mass is 9.99. The fourth-order valence-electron chi connectivity index (χ4n) is 2.50. The summed E-state index contributed by atoms with van der Waals surface area (Å²) in [7, 11) is 0. The number of hydrogen-bond acceptors (Lipinski definition) is 4. The Bertz CT molecular complexity index is 934. The maximum Gasteiger partial charge on any atom is 0.252 e. The standard InChI is InChI=1S/C15H14N6/c1-9(2)12-7-21-15(18-8-19-21)20-13(12)11-5-10-3-4-16-14(10)17-6-11/h3-9H,1-2H3,(H,16,17). The third-order valence-electron chi connectivity index (χ3n) is 3.60. The number of nitrogens with zero attached hydrogens (tertiary/aromatic N) is 5. The van der Waals surface area contributed by atoms with Gasteiger partial charge in [0.2, 0.25) is 0 Å². The minimum absolute atomic E-state index is 0.336. The molecule has 0 aliphatic heterocycles. The molecule has 0 fully saturated rings. The second kappa shape index (κ2) is 4.37. The van der Waals surface area contributed by atoms with Gasteiger partial charge in [-0.15, -0.1) is 0 Å². The number of pyridine rings is 1. The van der Waals surface area contributed by atoms with Crippen molar-refractivity contribution in [1.29, 1.82) is 0 Å². The molecule has 0 saturated heterocycles. The summed E-state index contributed by atoms with van der Waals surface area (Å²) in [5.74, 6) is 0.937. The van der Waals surface area contributed by atoms with Gasteiger partial charge in [-0.3, -0.25) is 0 Å². The first-order valence-corrected chi connectivity index (χ1v) is 6.86. The number of H-pyrrole nitrogens is 1. The Hall–Kier alpha value is -2.76. The molecule has 0 spiro atoms. The largest absolute Gasteiger partial charge is 0.346 e. The van der Waals surface area contributed by atoms with Crippen molar-refractivity contribution in [2.45, 2.75) is 19.8 Å². The van der Waals surface area contributed by atoms with Crippen LogP contribution in [0.3, 0.4) is 0 Å². The molecular weight excluding hydrogens is 264 g/mol. The number of fused-ring (bicyclic) bond motifs is 2. The first-order chi connectivity index (χ1) is 10.2. The van der Waals surface area contributed by atoms with Crippen LogP contribution >= 0.6 is 0 Å². The second-order valence-electron chi connectivity index (χ2n) is 5.34. The zero-order valence-electron chi connectivity index (χ0n) is 11.8. The van der Waals surface area contributed by atoms with E-state index >= 15 is 0 Å². The van der Waals surface area contributed by atoms with Crippen molar-refractivity contribution in [3.8, 4) is 11.3 Å². The molecule has 6 nitrogen and oxygen atoms in total. The molecule has 0 aromatic carbocycles. The molecule has 4 aromatic rings. The van der Waals surface area contributed by atoms with Crippen LogP contribution < -0.4 is 0 Å². The van der Waals surface area contributed by atoms with Crippen LogP contribution in [0.25, 0.3) is 28.1 Å². The van der Waals surface area contributed by atoms with Crippen LogP contribution in [0.2, 0.25) is 0 Å². The van der Waals surface area contributed by atoms with E-state index in [4.69, 9.17) is 0 Å². The third kappa shape index (κ3) is 1.87. The van der Waals surface area contributed by atoms with E-state index in [-0.39, 0.29) is 0 Å². The Balaban J connectivity index is 2.00. The summed E-state index contributed by atoms with van der Waals surface area (Å²) >= 11 is 0. The Morgan fingerprint density at radius 3 is 3.00 bits per heavy atom. The van der Waals surface area contributed by atoms with Gasteiger partial charge in [0.15, 0.2) is 0 Å². The van der Waals surface area contributed by atoms with E-state index < -0.39 is 0 Å². The van der Waals surface area contributed by atoms with Crippen molar-refractivity contribution >= 4 is 16.8 Å². The number of aromatic amines is 1. The third-order valence-corrected chi connectivity index (χ3v) is 3.60. The molecule has 4 rings (SSSR count). The molecule has 4 aromatic heterocycles. The molecule has 0 amide bonds. The number of nitrogens with one attached hydrogen (secondary N) is 1. The van der Waals surface area contributed by atoms with Crippen molar-refractivity contribution in [3.05, 3.63) is 42.6 Å². The molecule has 6 heteroatoms. The number of hydrogen-bond donors (Lipinski definition) is 1. The highest BCUT2D eigenvalue weighted by Gasteiger charge is 2.14. The van der Waals surface area contributed by atoms with Gasteiger partial charge in [-0.25, -0.2) is 14.5 Å². The monoisotopic (exact) mass is 278 g/mol. The van der Waals surface area contributed by atoms with Gasteiger partial charge >= 0.3 is 0 Å². The number of rotatable bonds is 2. The highest BCUT2D eigenvalue weighted by molar-refractivity contribution is 5.81. The van der Waals surface area contributed by atoms with Crippen LogP contribution in [0.5, 0.6) is 0 Å². The maximum absolute atomic E-state index is 4.66. The Morgan fingerprint density at radius 2 is 2.14 bits per heavy atom. The van der Waals surface area contributed by atoms with Crippen LogP contribution in [0.4, 0.5) is 0 Å². The van der Waals surface area contributed by atoms with Gasteiger partial charge in [0, 0.05) is 29.5 Å². The first kappa shape index (κ1) is 12.0.